The molecule has 1 aromatic carbocycles. The van der Waals surface area contributed by atoms with Crippen LogP contribution in [0, 0.1) is 11.3 Å². The fraction of sp³-hybridized carbons (Fsp3) is 0.300. The number of fused-ring (bicyclic) bond motifs is 2. The molecule has 6 nitrogen and oxygen atoms in total. The molecule has 3 aromatic rings. The number of thiophene rings is 1. The molecular formula is C20H17ClN4O2S. The highest BCUT2D eigenvalue weighted by Crippen LogP contribution is 2.37. The number of nitrogens with zero attached hydrogens (tertiary/aromatic N) is 3. The van der Waals surface area contributed by atoms with Gasteiger partial charge in [0.2, 0.25) is 5.91 Å². The Bertz CT molecular complexity index is 1180. The summed E-state index contributed by atoms with van der Waals surface area (Å²) >= 11 is 7.46. The number of halogens is 1. The van der Waals surface area contributed by atoms with Crippen molar-refractivity contribution in [3.05, 3.63) is 55.9 Å². The molecule has 0 fully saturated rings. The number of aromatic nitrogens is 2. The first-order valence-electron chi connectivity index (χ1n) is 9.06. The summed E-state index contributed by atoms with van der Waals surface area (Å²) in [5.74, 6) is -0.229. The third kappa shape index (κ3) is 3.53. The largest absolute Gasteiger partial charge is 0.317 e. The SMILES string of the molecule is N#Cc1c(NC(=O)CCn2cnc3ccc(Cl)cc3c2=O)sc2c1CCCC2. The highest BCUT2D eigenvalue weighted by Gasteiger charge is 2.21. The number of hydrogen-bond donors (Lipinski definition) is 1. The number of anilines is 1. The van der Waals surface area contributed by atoms with Crippen molar-refractivity contribution in [1.29, 1.82) is 5.26 Å². The molecule has 0 spiro atoms. The highest BCUT2D eigenvalue weighted by molar-refractivity contribution is 7.16. The smallest absolute Gasteiger partial charge is 0.261 e. The zero-order chi connectivity index (χ0) is 19.7. The lowest BCUT2D eigenvalue weighted by Crippen LogP contribution is -2.23. The topological polar surface area (TPSA) is 87.8 Å². The van der Waals surface area contributed by atoms with Gasteiger partial charge in [-0.15, -0.1) is 11.3 Å². The van der Waals surface area contributed by atoms with E-state index in [9.17, 15) is 14.9 Å². The molecule has 2 heterocycles. The Kier molecular flexibility index (Phi) is 5.16. The molecule has 0 aliphatic heterocycles. The van der Waals surface area contributed by atoms with E-state index in [4.69, 9.17) is 11.6 Å². The molecule has 28 heavy (non-hydrogen) atoms. The lowest BCUT2D eigenvalue weighted by molar-refractivity contribution is -0.116. The molecule has 1 amide bonds. The van der Waals surface area contributed by atoms with Crippen LogP contribution in [0.2, 0.25) is 5.02 Å². The number of hydrogen-bond acceptors (Lipinski definition) is 5. The van der Waals surface area contributed by atoms with Crippen LogP contribution < -0.4 is 10.9 Å². The summed E-state index contributed by atoms with van der Waals surface area (Å²) in [6.45, 7) is 0.201. The fourth-order valence-electron chi connectivity index (χ4n) is 3.47. The minimum atomic E-state index is -0.232. The maximum Gasteiger partial charge on any atom is 0.261 e. The van der Waals surface area contributed by atoms with Gasteiger partial charge in [-0.2, -0.15) is 5.26 Å². The molecular weight excluding hydrogens is 396 g/mol. The molecule has 4 rings (SSSR count). The second-order valence-electron chi connectivity index (χ2n) is 6.73. The van der Waals surface area contributed by atoms with Crippen molar-refractivity contribution in [1.82, 2.24) is 9.55 Å². The van der Waals surface area contributed by atoms with Gasteiger partial charge in [-0.3, -0.25) is 14.2 Å². The Morgan fingerprint density at radius 3 is 3.00 bits per heavy atom. The number of aryl methyl sites for hydroxylation is 2. The lowest BCUT2D eigenvalue weighted by atomic mass is 9.96. The second-order valence-corrected chi connectivity index (χ2v) is 8.27. The van der Waals surface area contributed by atoms with Crippen LogP contribution >= 0.6 is 22.9 Å². The van der Waals surface area contributed by atoms with E-state index in [1.807, 2.05) is 0 Å². The summed E-state index contributed by atoms with van der Waals surface area (Å²) in [7, 11) is 0. The van der Waals surface area contributed by atoms with Crippen molar-refractivity contribution < 1.29 is 4.79 Å². The number of benzene rings is 1. The Labute approximate surface area is 170 Å². The standard InChI is InChI=1S/C20H17ClN4O2S/c21-12-5-6-16-14(9-12)20(27)25(11-23-16)8-7-18(26)24-19-15(10-22)13-3-1-2-4-17(13)28-19/h5-6,9,11H,1-4,7-8H2,(H,24,26). The lowest BCUT2D eigenvalue weighted by Gasteiger charge is -2.09. The summed E-state index contributed by atoms with van der Waals surface area (Å²) < 4.78 is 1.41. The summed E-state index contributed by atoms with van der Waals surface area (Å²) in [5, 5.41) is 13.8. The molecule has 1 aliphatic rings. The van der Waals surface area contributed by atoms with E-state index in [-0.39, 0.29) is 24.4 Å². The molecule has 142 valence electrons. The van der Waals surface area contributed by atoms with Gasteiger partial charge in [0.1, 0.15) is 11.1 Å². The van der Waals surface area contributed by atoms with E-state index >= 15 is 0 Å². The Hall–Kier alpha value is -2.69. The zero-order valence-electron chi connectivity index (χ0n) is 15.0. The molecule has 0 saturated carbocycles. The number of amides is 1. The van der Waals surface area contributed by atoms with Crippen LogP contribution in [-0.4, -0.2) is 15.5 Å². The van der Waals surface area contributed by atoms with Crippen molar-refractivity contribution in [2.24, 2.45) is 0 Å². The first kappa shape index (κ1) is 18.7. The van der Waals surface area contributed by atoms with Crippen LogP contribution in [0.15, 0.2) is 29.3 Å². The zero-order valence-corrected chi connectivity index (χ0v) is 16.6. The quantitative estimate of drug-likeness (QED) is 0.704. The summed E-state index contributed by atoms with van der Waals surface area (Å²) in [5.41, 5.74) is 2.01. The average Bonchev–Trinajstić information content (AvgIpc) is 3.04. The third-order valence-electron chi connectivity index (χ3n) is 4.90. The van der Waals surface area contributed by atoms with E-state index < -0.39 is 0 Å². The molecule has 0 bridgehead atoms. The third-order valence-corrected chi connectivity index (χ3v) is 6.34. The molecule has 8 heteroatoms. The van der Waals surface area contributed by atoms with Crippen LogP contribution in [-0.2, 0) is 24.2 Å². The minimum absolute atomic E-state index is 0.112. The van der Waals surface area contributed by atoms with Gasteiger partial charge in [0.05, 0.1) is 22.8 Å². The predicted molar refractivity (Wildman–Crippen MR) is 110 cm³/mol. The van der Waals surface area contributed by atoms with Crippen molar-refractivity contribution in [2.75, 3.05) is 5.32 Å². The van der Waals surface area contributed by atoms with Gasteiger partial charge in [0.25, 0.3) is 5.56 Å². The van der Waals surface area contributed by atoms with Crippen LogP contribution in [0.25, 0.3) is 10.9 Å². The monoisotopic (exact) mass is 412 g/mol. The highest BCUT2D eigenvalue weighted by atomic mass is 35.5. The fourth-order valence-corrected chi connectivity index (χ4v) is 4.90. The first-order chi connectivity index (χ1) is 13.6. The number of rotatable bonds is 4. The van der Waals surface area contributed by atoms with Crippen molar-refractivity contribution in [3.63, 3.8) is 0 Å². The van der Waals surface area contributed by atoms with Gasteiger partial charge in [-0.1, -0.05) is 11.6 Å². The first-order valence-corrected chi connectivity index (χ1v) is 10.3. The molecule has 1 aliphatic carbocycles. The van der Waals surface area contributed by atoms with E-state index in [1.54, 1.807) is 18.2 Å². The van der Waals surface area contributed by atoms with Gasteiger partial charge in [-0.25, -0.2) is 4.98 Å². The Balaban J connectivity index is 1.49. The number of nitrogens with one attached hydrogen (secondary N) is 1. The maximum absolute atomic E-state index is 12.6. The van der Waals surface area contributed by atoms with Crippen LogP contribution in [0.5, 0.6) is 0 Å². The van der Waals surface area contributed by atoms with Crippen molar-refractivity contribution in [3.8, 4) is 6.07 Å². The molecule has 0 radical (unpaired) electrons. The number of carbonyl (C=O) groups is 1. The van der Waals surface area contributed by atoms with Gasteiger partial charge >= 0.3 is 0 Å². The van der Waals surface area contributed by atoms with E-state index in [0.717, 1.165) is 31.2 Å². The van der Waals surface area contributed by atoms with E-state index in [2.05, 4.69) is 16.4 Å². The molecule has 0 saturated heterocycles. The van der Waals surface area contributed by atoms with Crippen LogP contribution in [0.4, 0.5) is 5.00 Å². The molecule has 2 aromatic heterocycles. The average molecular weight is 413 g/mol. The second kappa shape index (κ2) is 7.74. The number of carbonyl (C=O) groups excluding carboxylic acids is 1. The van der Waals surface area contributed by atoms with Crippen LogP contribution in [0.1, 0.15) is 35.3 Å². The van der Waals surface area contributed by atoms with Gasteiger partial charge in [0.15, 0.2) is 0 Å². The normalized spacial score (nSPS) is 13.1. The molecule has 1 N–H and O–H groups in total. The summed E-state index contributed by atoms with van der Waals surface area (Å²) in [6.07, 6.45) is 5.61. The van der Waals surface area contributed by atoms with Crippen molar-refractivity contribution in [2.45, 2.75) is 38.6 Å². The summed E-state index contributed by atoms with van der Waals surface area (Å²) in [4.78, 5) is 30.4. The van der Waals surface area contributed by atoms with E-state index in [0.29, 0.717) is 26.5 Å². The predicted octanol–water partition coefficient (Wildman–Crippen LogP) is 3.89. The maximum atomic E-state index is 12.6. The number of nitriles is 1. The van der Waals surface area contributed by atoms with E-state index in [1.165, 1.54) is 27.1 Å². The minimum Gasteiger partial charge on any atom is -0.317 e. The molecule has 0 unspecified atom stereocenters. The van der Waals surface area contributed by atoms with Crippen molar-refractivity contribution >= 4 is 44.7 Å². The van der Waals surface area contributed by atoms with Gasteiger partial charge in [-0.05, 0) is 49.4 Å². The van der Waals surface area contributed by atoms with Crippen LogP contribution in [0.3, 0.4) is 0 Å². The van der Waals surface area contributed by atoms with Gasteiger partial charge in [0, 0.05) is 22.9 Å². The molecule has 0 atom stereocenters. The Morgan fingerprint density at radius 1 is 1.36 bits per heavy atom. The van der Waals surface area contributed by atoms with Gasteiger partial charge < -0.3 is 5.32 Å². The Morgan fingerprint density at radius 2 is 2.18 bits per heavy atom. The summed E-state index contributed by atoms with van der Waals surface area (Å²) in [6, 6.07) is 7.19.